The van der Waals surface area contributed by atoms with Gasteiger partial charge in [-0.2, -0.15) is 0 Å². The number of benzene rings is 1. The largest absolute Gasteiger partial charge is 0.370 e. The minimum Gasteiger partial charge on any atom is -0.370 e. The van der Waals surface area contributed by atoms with Gasteiger partial charge in [0, 0.05) is 50.4 Å². The molecule has 5 nitrogen and oxygen atoms in total. The van der Waals surface area contributed by atoms with Crippen LogP contribution in [0.2, 0.25) is 5.02 Å². The fourth-order valence-electron chi connectivity index (χ4n) is 5.37. The standard InChI is InChI=1S/C22H24ClN3O2/c23-17-8-16(9-24-10-17)21(27)25-11-18-19-13-26(12-15-4-2-1-3-5-15)14-22(19)7-6-20(18)28-22/h1-5,8-10,18-20H,6-7,11-14H2,(H,25,27)/t18-,19+,20+,22+/m0/s1. The van der Waals surface area contributed by atoms with Crippen molar-refractivity contribution in [3.8, 4) is 0 Å². The van der Waals surface area contributed by atoms with Crippen molar-refractivity contribution < 1.29 is 9.53 Å². The molecule has 0 radical (unpaired) electrons. The molecule has 146 valence electrons. The molecule has 1 aromatic heterocycles. The van der Waals surface area contributed by atoms with E-state index in [1.165, 1.54) is 11.8 Å². The Bertz CT molecular complexity index is 877. The average Bonchev–Trinajstić information content (AvgIpc) is 3.35. The van der Waals surface area contributed by atoms with Gasteiger partial charge in [-0.25, -0.2) is 0 Å². The predicted octanol–water partition coefficient (Wildman–Crippen LogP) is 3.14. The van der Waals surface area contributed by atoms with E-state index in [-0.39, 0.29) is 17.6 Å². The second kappa shape index (κ2) is 7.14. The third-order valence-corrected chi connectivity index (χ3v) is 6.78. The Morgan fingerprint density at radius 2 is 2.18 bits per heavy atom. The van der Waals surface area contributed by atoms with E-state index in [0.717, 1.165) is 32.5 Å². The van der Waals surface area contributed by atoms with Crippen LogP contribution in [0.3, 0.4) is 0 Å². The van der Waals surface area contributed by atoms with Crippen molar-refractivity contribution in [2.75, 3.05) is 19.6 Å². The van der Waals surface area contributed by atoms with Crippen molar-refractivity contribution in [2.24, 2.45) is 11.8 Å². The molecule has 4 atom stereocenters. The molecule has 3 saturated heterocycles. The summed E-state index contributed by atoms with van der Waals surface area (Å²) in [5.41, 5.74) is 1.82. The maximum absolute atomic E-state index is 12.5. The third-order valence-electron chi connectivity index (χ3n) is 6.57. The second-order valence-electron chi connectivity index (χ2n) is 8.29. The van der Waals surface area contributed by atoms with Gasteiger partial charge in [0.05, 0.1) is 22.3 Å². The van der Waals surface area contributed by atoms with Crippen molar-refractivity contribution in [1.82, 2.24) is 15.2 Å². The predicted molar refractivity (Wildman–Crippen MR) is 107 cm³/mol. The molecule has 1 amide bonds. The van der Waals surface area contributed by atoms with Crippen LogP contribution in [0.4, 0.5) is 0 Å². The van der Waals surface area contributed by atoms with E-state index in [0.29, 0.717) is 29.0 Å². The maximum Gasteiger partial charge on any atom is 0.252 e. The van der Waals surface area contributed by atoms with Crippen LogP contribution >= 0.6 is 11.6 Å². The number of nitrogens with one attached hydrogen (secondary N) is 1. The lowest BCUT2D eigenvalue weighted by molar-refractivity contribution is 0.00212. The van der Waals surface area contributed by atoms with Crippen LogP contribution < -0.4 is 5.32 Å². The zero-order chi connectivity index (χ0) is 19.1. The van der Waals surface area contributed by atoms with E-state index < -0.39 is 0 Å². The first-order valence-electron chi connectivity index (χ1n) is 9.96. The number of hydrogen-bond acceptors (Lipinski definition) is 4. The number of likely N-dealkylation sites (tertiary alicyclic amines) is 1. The van der Waals surface area contributed by atoms with Gasteiger partial charge in [-0.05, 0) is 24.5 Å². The molecule has 28 heavy (non-hydrogen) atoms. The van der Waals surface area contributed by atoms with E-state index in [4.69, 9.17) is 16.3 Å². The zero-order valence-corrected chi connectivity index (χ0v) is 16.4. The number of carbonyl (C=O) groups is 1. The molecule has 0 aliphatic carbocycles. The summed E-state index contributed by atoms with van der Waals surface area (Å²) >= 11 is 5.95. The Morgan fingerprint density at radius 3 is 3.00 bits per heavy atom. The minimum atomic E-state index is -0.119. The van der Waals surface area contributed by atoms with Gasteiger partial charge in [-0.15, -0.1) is 0 Å². The van der Waals surface area contributed by atoms with E-state index in [9.17, 15) is 4.79 Å². The maximum atomic E-state index is 12.5. The van der Waals surface area contributed by atoms with Crippen molar-refractivity contribution in [1.29, 1.82) is 0 Å². The number of carbonyl (C=O) groups excluding carboxylic acids is 1. The van der Waals surface area contributed by atoms with Gasteiger partial charge in [0.25, 0.3) is 5.91 Å². The summed E-state index contributed by atoms with van der Waals surface area (Å²) in [6, 6.07) is 12.3. The Balaban J connectivity index is 1.25. The molecule has 5 rings (SSSR count). The number of nitrogens with zero attached hydrogens (tertiary/aromatic N) is 2. The summed E-state index contributed by atoms with van der Waals surface area (Å²) in [7, 11) is 0. The number of ether oxygens (including phenoxy) is 1. The normalized spacial score (nSPS) is 31.1. The van der Waals surface area contributed by atoms with E-state index >= 15 is 0 Å². The number of pyridine rings is 1. The molecular formula is C22H24ClN3O2. The Morgan fingerprint density at radius 1 is 1.32 bits per heavy atom. The summed E-state index contributed by atoms with van der Waals surface area (Å²) < 4.78 is 6.50. The smallest absolute Gasteiger partial charge is 0.252 e. The fraction of sp³-hybridized carbons (Fsp3) is 0.455. The molecule has 1 aromatic carbocycles. The highest BCUT2D eigenvalue weighted by Gasteiger charge is 2.62. The van der Waals surface area contributed by atoms with Gasteiger partial charge < -0.3 is 10.1 Å². The summed E-state index contributed by atoms with van der Waals surface area (Å²) in [6.45, 7) is 3.62. The van der Waals surface area contributed by atoms with Gasteiger partial charge in [-0.3, -0.25) is 14.7 Å². The first-order valence-corrected chi connectivity index (χ1v) is 10.3. The number of aromatic nitrogens is 1. The van der Waals surface area contributed by atoms with Gasteiger partial charge >= 0.3 is 0 Å². The molecule has 4 heterocycles. The summed E-state index contributed by atoms with van der Waals surface area (Å²) in [4.78, 5) is 19.0. The van der Waals surface area contributed by atoms with E-state index in [1.807, 2.05) is 0 Å². The molecule has 0 unspecified atom stereocenters. The van der Waals surface area contributed by atoms with Gasteiger partial charge in [0.1, 0.15) is 0 Å². The van der Waals surface area contributed by atoms with Crippen LogP contribution in [-0.2, 0) is 11.3 Å². The van der Waals surface area contributed by atoms with Crippen molar-refractivity contribution in [3.63, 3.8) is 0 Å². The molecule has 6 heteroatoms. The van der Waals surface area contributed by atoms with Crippen LogP contribution in [0.15, 0.2) is 48.8 Å². The third kappa shape index (κ3) is 3.21. The monoisotopic (exact) mass is 397 g/mol. The average molecular weight is 398 g/mol. The summed E-state index contributed by atoms with van der Waals surface area (Å²) in [6.07, 6.45) is 5.58. The highest BCUT2D eigenvalue weighted by atomic mass is 35.5. The van der Waals surface area contributed by atoms with E-state index in [1.54, 1.807) is 12.3 Å². The SMILES string of the molecule is O=C(NC[C@H]1[C@H]2CN(Cc3ccccc3)C[C@]23CC[C@H]1O3)c1cncc(Cl)c1. The first-order chi connectivity index (χ1) is 13.6. The number of halogens is 1. The molecule has 1 N–H and O–H groups in total. The van der Waals surface area contributed by atoms with Crippen molar-refractivity contribution >= 4 is 17.5 Å². The summed E-state index contributed by atoms with van der Waals surface area (Å²) in [5, 5.41) is 3.56. The van der Waals surface area contributed by atoms with Crippen LogP contribution in [0.1, 0.15) is 28.8 Å². The van der Waals surface area contributed by atoms with Crippen LogP contribution in [0.5, 0.6) is 0 Å². The van der Waals surface area contributed by atoms with Gasteiger partial charge in [-0.1, -0.05) is 41.9 Å². The van der Waals surface area contributed by atoms with Crippen molar-refractivity contribution in [2.45, 2.75) is 31.1 Å². The first kappa shape index (κ1) is 18.1. The quantitative estimate of drug-likeness (QED) is 0.842. The molecule has 3 aliphatic heterocycles. The van der Waals surface area contributed by atoms with Gasteiger partial charge in [0.15, 0.2) is 0 Å². The second-order valence-corrected chi connectivity index (χ2v) is 8.72. The lowest BCUT2D eigenvalue weighted by Crippen LogP contribution is -2.41. The zero-order valence-electron chi connectivity index (χ0n) is 15.7. The minimum absolute atomic E-state index is 0.0214. The molecular weight excluding hydrogens is 374 g/mol. The summed E-state index contributed by atoms with van der Waals surface area (Å²) in [5.74, 6) is 0.726. The Labute approximate surface area is 170 Å². The Hall–Kier alpha value is -1.95. The molecule has 3 aliphatic rings. The highest BCUT2D eigenvalue weighted by molar-refractivity contribution is 6.30. The fourth-order valence-corrected chi connectivity index (χ4v) is 5.54. The number of amides is 1. The number of fused-ring (bicyclic) bond motifs is 1. The molecule has 1 spiro atoms. The van der Waals surface area contributed by atoms with Gasteiger partial charge in [0.2, 0.25) is 0 Å². The molecule has 2 aromatic rings. The number of hydrogen-bond donors (Lipinski definition) is 1. The van der Waals surface area contributed by atoms with Crippen molar-refractivity contribution in [3.05, 3.63) is 64.9 Å². The molecule has 0 saturated carbocycles. The lowest BCUT2D eigenvalue weighted by Gasteiger charge is -2.29. The van der Waals surface area contributed by atoms with Crippen LogP contribution in [-0.4, -0.2) is 47.1 Å². The number of rotatable bonds is 5. The Kier molecular flexibility index (Phi) is 4.62. The molecule has 2 bridgehead atoms. The lowest BCUT2D eigenvalue weighted by atomic mass is 9.73. The highest BCUT2D eigenvalue weighted by Crippen LogP contribution is 2.54. The van der Waals surface area contributed by atoms with E-state index in [2.05, 4.69) is 45.5 Å². The van der Waals surface area contributed by atoms with Crippen LogP contribution in [0, 0.1) is 11.8 Å². The molecule has 3 fully saturated rings. The topological polar surface area (TPSA) is 54.5 Å². The van der Waals surface area contributed by atoms with Crippen LogP contribution in [0.25, 0.3) is 0 Å².